The molecule has 0 atom stereocenters. The minimum absolute atomic E-state index is 0.0707. The van der Waals surface area contributed by atoms with Crippen LogP contribution in [-0.4, -0.2) is 35.9 Å². The largest absolute Gasteiger partial charge is 0.490 e. The third-order valence-corrected chi connectivity index (χ3v) is 4.69. The number of amides is 1. The summed E-state index contributed by atoms with van der Waals surface area (Å²) in [6.45, 7) is 1.55. The first kappa shape index (κ1) is 13.9. The highest BCUT2D eigenvalue weighted by molar-refractivity contribution is 5.95. The summed E-state index contributed by atoms with van der Waals surface area (Å²) in [6, 6.07) is 4.30. The molecular weight excluding hydrogens is 272 g/mol. The van der Waals surface area contributed by atoms with E-state index in [1.807, 2.05) is 4.90 Å². The van der Waals surface area contributed by atoms with Crippen LogP contribution in [0.4, 0.5) is 5.69 Å². The Balaban J connectivity index is 1.76. The van der Waals surface area contributed by atoms with Crippen molar-refractivity contribution in [3.63, 3.8) is 0 Å². The van der Waals surface area contributed by atoms with Crippen molar-refractivity contribution < 1.29 is 14.5 Å². The second-order valence-corrected chi connectivity index (χ2v) is 5.94. The Hall–Kier alpha value is -2.11. The molecule has 6 heteroatoms. The van der Waals surface area contributed by atoms with E-state index in [1.54, 1.807) is 0 Å². The van der Waals surface area contributed by atoms with Gasteiger partial charge in [0.1, 0.15) is 0 Å². The van der Waals surface area contributed by atoms with E-state index >= 15 is 0 Å². The Bertz CT molecular complexity index is 585. The highest BCUT2D eigenvalue weighted by Gasteiger charge is 2.45. The number of rotatable bonds is 3. The Morgan fingerprint density at radius 2 is 1.95 bits per heavy atom. The minimum atomic E-state index is -0.509. The molecule has 0 N–H and O–H groups in total. The van der Waals surface area contributed by atoms with Crippen molar-refractivity contribution in [3.05, 3.63) is 33.9 Å². The summed E-state index contributed by atoms with van der Waals surface area (Å²) in [4.78, 5) is 24.7. The van der Waals surface area contributed by atoms with E-state index < -0.39 is 4.92 Å². The van der Waals surface area contributed by atoms with Crippen LogP contribution in [0.2, 0.25) is 0 Å². The molecule has 1 aliphatic heterocycles. The van der Waals surface area contributed by atoms with E-state index in [9.17, 15) is 14.9 Å². The van der Waals surface area contributed by atoms with Crippen LogP contribution in [-0.2, 0) is 0 Å². The lowest BCUT2D eigenvalue weighted by Gasteiger charge is -2.32. The fourth-order valence-corrected chi connectivity index (χ4v) is 3.00. The van der Waals surface area contributed by atoms with E-state index in [2.05, 4.69) is 0 Å². The summed E-state index contributed by atoms with van der Waals surface area (Å²) < 4.78 is 5.02. The number of carbonyl (C=O) groups is 1. The van der Waals surface area contributed by atoms with Crippen LogP contribution in [0, 0.1) is 15.5 Å². The van der Waals surface area contributed by atoms with Gasteiger partial charge in [0.05, 0.1) is 12.0 Å². The van der Waals surface area contributed by atoms with Gasteiger partial charge in [-0.15, -0.1) is 0 Å². The van der Waals surface area contributed by atoms with Gasteiger partial charge in [-0.25, -0.2) is 0 Å². The SMILES string of the molecule is COc1cc(C(=O)N2CCC3(CC2)CC3)ccc1[N+](=O)[O-]. The highest BCUT2D eigenvalue weighted by Crippen LogP contribution is 2.53. The zero-order chi connectivity index (χ0) is 15.0. The van der Waals surface area contributed by atoms with Gasteiger partial charge in [-0.3, -0.25) is 14.9 Å². The van der Waals surface area contributed by atoms with Crippen molar-refractivity contribution in [2.24, 2.45) is 5.41 Å². The number of nitrogens with zero attached hydrogens (tertiary/aromatic N) is 2. The number of hydrogen-bond acceptors (Lipinski definition) is 4. The van der Waals surface area contributed by atoms with Gasteiger partial charge >= 0.3 is 5.69 Å². The number of nitro benzene ring substituents is 1. The highest BCUT2D eigenvalue weighted by atomic mass is 16.6. The predicted molar refractivity (Wildman–Crippen MR) is 76.5 cm³/mol. The molecule has 112 valence electrons. The van der Waals surface area contributed by atoms with Crippen LogP contribution in [0.3, 0.4) is 0 Å². The third kappa shape index (κ3) is 2.57. The van der Waals surface area contributed by atoms with E-state index in [0.29, 0.717) is 11.0 Å². The van der Waals surface area contributed by atoms with Gasteiger partial charge in [-0.1, -0.05) is 0 Å². The summed E-state index contributed by atoms with van der Waals surface area (Å²) in [6.07, 6.45) is 4.73. The van der Waals surface area contributed by atoms with Gasteiger partial charge in [0.15, 0.2) is 5.75 Å². The normalized spacial score (nSPS) is 19.4. The molecule has 0 radical (unpaired) electrons. The second kappa shape index (κ2) is 5.02. The maximum absolute atomic E-state index is 12.5. The molecule has 1 aromatic rings. The van der Waals surface area contributed by atoms with Crippen LogP contribution in [0.5, 0.6) is 5.75 Å². The zero-order valence-electron chi connectivity index (χ0n) is 12.0. The summed E-state index contributed by atoms with van der Waals surface area (Å²) >= 11 is 0. The number of methoxy groups -OCH3 is 1. The molecule has 2 fully saturated rings. The summed E-state index contributed by atoms with van der Waals surface area (Å²) in [5.41, 5.74) is 0.845. The molecule has 1 heterocycles. The van der Waals surface area contributed by atoms with E-state index in [4.69, 9.17) is 4.74 Å². The molecule has 1 saturated heterocycles. The Morgan fingerprint density at radius 1 is 1.29 bits per heavy atom. The van der Waals surface area contributed by atoms with Gasteiger partial charge in [-0.05, 0) is 37.2 Å². The zero-order valence-corrected chi connectivity index (χ0v) is 12.0. The second-order valence-electron chi connectivity index (χ2n) is 5.94. The number of benzene rings is 1. The molecule has 21 heavy (non-hydrogen) atoms. The third-order valence-electron chi connectivity index (χ3n) is 4.69. The fraction of sp³-hybridized carbons (Fsp3) is 0.533. The molecule has 2 aliphatic rings. The molecule has 3 rings (SSSR count). The van der Waals surface area contributed by atoms with Gasteiger partial charge in [-0.2, -0.15) is 0 Å². The Morgan fingerprint density at radius 3 is 2.48 bits per heavy atom. The lowest BCUT2D eigenvalue weighted by Crippen LogP contribution is -2.39. The average molecular weight is 290 g/mol. The first-order valence-corrected chi connectivity index (χ1v) is 7.16. The lowest BCUT2D eigenvalue weighted by atomic mass is 9.93. The van der Waals surface area contributed by atoms with E-state index in [1.165, 1.54) is 38.2 Å². The van der Waals surface area contributed by atoms with Crippen LogP contribution in [0.15, 0.2) is 18.2 Å². The topological polar surface area (TPSA) is 72.7 Å². The standard InChI is InChI=1S/C15H18N2O4/c1-21-13-10-11(2-3-12(13)17(19)20)14(18)16-8-6-15(4-5-15)7-9-16/h2-3,10H,4-9H2,1H3. The smallest absolute Gasteiger partial charge is 0.310 e. The predicted octanol–water partition coefficient (Wildman–Crippen LogP) is 2.62. The maximum atomic E-state index is 12.5. The number of carbonyl (C=O) groups excluding carboxylic acids is 1. The van der Waals surface area contributed by atoms with E-state index in [-0.39, 0.29) is 17.3 Å². The molecule has 1 aliphatic carbocycles. The monoisotopic (exact) mass is 290 g/mol. The first-order chi connectivity index (χ1) is 10.0. The lowest BCUT2D eigenvalue weighted by molar-refractivity contribution is -0.385. The molecule has 1 spiro atoms. The van der Waals surface area contributed by atoms with Crippen LogP contribution < -0.4 is 4.74 Å². The molecule has 1 amide bonds. The van der Waals surface area contributed by atoms with E-state index in [0.717, 1.165) is 25.9 Å². The van der Waals surface area contributed by atoms with Gasteiger partial charge in [0.25, 0.3) is 5.91 Å². The summed E-state index contributed by atoms with van der Waals surface area (Å²) in [5, 5.41) is 10.9. The van der Waals surface area contributed by atoms with Crippen molar-refractivity contribution in [3.8, 4) is 5.75 Å². The first-order valence-electron chi connectivity index (χ1n) is 7.16. The quantitative estimate of drug-likeness (QED) is 0.633. The molecule has 0 aromatic heterocycles. The number of piperidine rings is 1. The maximum Gasteiger partial charge on any atom is 0.310 e. The molecule has 1 saturated carbocycles. The van der Waals surface area contributed by atoms with Crippen molar-refractivity contribution in [1.29, 1.82) is 0 Å². The van der Waals surface area contributed by atoms with Crippen LogP contribution >= 0.6 is 0 Å². The molecule has 6 nitrogen and oxygen atoms in total. The number of nitro groups is 1. The Labute approximate surface area is 122 Å². The average Bonchev–Trinajstić information content (AvgIpc) is 3.25. The fourth-order valence-electron chi connectivity index (χ4n) is 3.00. The van der Waals surface area contributed by atoms with Crippen molar-refractivity contribution in [2.45, 2.75) is 25.7 Å². The van der Waals surface area contributed by atoms with Gasteiger partial charge < -0.3 is 9.64 Å². The van der Waals surface area contributed by atoms with Crippen molar-refractivity contribution in [1.82, 2.24) is 4.90 Å². The van der Waals surface area contributed by atoms with Gasteiger partial charge in [0.2, 0.25) is 0 Å². The molecule has 0 bridgehead atoms. The number of hydrogen-bond donors (Lipinski definition) is 0. The summed E-state index contributed by atoms with van der Waals surface area (Å²) in [7, 11) is 1.37. The van der Waals surface area contributed by atoms with Crippen molar-refractivity contribution in [2.75, 3.05) is 20.2 Å². The van der Waals surface area contributed by atoms with Gasteiger partial charge in [0, 0.05) is 30.8 Å². The number of ether oxygens (including phenoxy) is 1. The minimum Gasteiger partial charge on any atom is -0.490 e. The van der Waals surface area contributed by atoms with Crippen LogP contribution in [0.1, 0.15) is 36.0 Å². The van der Waals surface area contributed by atoms with Crippen LogP contribution in [0.25, 0.3) is 0 Å². The summed E-state index contributed by atoms with van der Waals surface area (Å²) in [5.74, 6) is 0.0558. The molecule has 0 unspecified atom stereocenters. The Kier molecular flexibility index (Phi) is 3.31. The molecular formula is C15H18N2O4. The number of likely N-dealkylation sites (tertiary alicyclic amines) is 1. The molecule has 1 aromatic carbocycles. The van der Waals surface area contributed by atoms with Crippen molar-refractivity contribution >= 4 is 11.6 Å².